The smallest absolute Gasteiger partial charge is 0.123 e. The Morgan fingerprint density at radius 3 is 2.50 bits per heavy atom. The van der Waals surface area contributed by atoms with Crippen molar-refractivity contribution in [1.29, 1.82) is 0 Å². The number of likely N-dealkylation sites (N-methyl/N-ethyl adjacent to an activating group) is 1. The van der Waals surface area contributed by atoms with Crippen LogP contribution in [0.15, 0.2) is 35.9 Å². The molecule has 1 aromatic rings. The molecular weight excluding hydrogens is 322 g/mol. The lowest BCUT2D eigenvalue weighted by Gasteiger charge is -2.32. The molecule has 0 radical (unpaired) electrons. The molecule has 0 bridgehead atoms. The van der Waals surface area contributed by atoms with Gasteiger partial charge in [-0.15, -0.1) is 0 Å². The van der Waals surface area contributed by atoms with Crippen LogP contribution in [0.2, 0.25) is 0 Å². The van der Waals surface area contributed by atoms with E-state index in [2.05, 4.69) is 38.7 Å². The molecule has 0 aliphatic heterocycles. The number of aryl methyl sites for hydroxylation is 1. The second-order valence-corrected chi connectivity index (χ2v) is 7.63. The van der Waals surface area contributed by atoms with Gasteiger partial charge in [-0.1, -0.05) is 50.5 Å². The molecule has 0 fully saturated rings. The number of nitrogens with one attached hydrogen (secondary N) is 1. The van der Waals surface area contributed by atoms with Crippen LogP contribution in [0.1, 0.15) is 69.9 Å². The molecule has 0 saturated carbocycles. The van der Waals surface area contributed by atoms with Crippen LogP contribution in [0, 0.1) is 5.92 Å². The Labute approximate surface area is 158 Å². The van der Waals surface area contributed by atoms with Crippen LogP contribution in [-0.2, 0) is 6.42 Å². The molecule has 3 nitrogen and oxygen atoms in total. The third-order valence-electron chi connectivity index (χ3n) is 5.47. The fraction of sp³-hybridized carbons (Fsp3) is 0.565. The van der Waals surface area contributed by atoms with Crippen molar-refractivity contribution in [3.8, 4) is 11.5 Å². The zero-order chi connectivity index (χ0) is 19.1. The summed E-state index contributed by atoms with van der Waals surface area (Å²) in [5.74, 6) is 0.655. The van der Waals surface area contributed by atoms with Gasteiger partial charge in [0.25, 0.3) is 0 Å². The zero-order valence-corrected chi connectivity index (χ0v) is 16.6. The third kappa shape index (κ3) is 5.14. The summed E-state index contributed by atoms with van der Waals surface area (Å²) in [5, 5.41) is 24.8. The normalized spacial score (nSPS) is 20.0. The highest BCUT2D eigenvalue weighted by Crippen LogP contribution is 2.46. The van der Waals surface area contributed by atoms with E-state index in [1.165, 1.54) is 12.0 Å². The molecular formula is C23H35NO2. The topological polar surface area (TPSA) is 52.5 Å². The number of rotatable bonds is 9. The number of phenolic OH excluding ortho intramolecular Hbond substituents is 2. The first-order valence-corrected chi connectivity index (χ1v) is 10.1. The first kappa shape index (κ1) is 20.6. The summed E-state index contributed by atoms with van der Waals surface area (Å²) in [6.45, 7) is 12.4. The summed E-state index contributed by atoms with van der Waals surface area (Å²) >= 11 is 0. The van der Waals surface area contributed by atoms with Crippen LogP contribution >= 0.6 is 0 Å². The molecule has 3 heteroatoms. The Balaban J connectivity index is 2.30. The van der Waals surface area contributed by atoms with Crippen molar-refractivity contribution in [2.45, 2.75) is 65.2 Å². The van der Waals surface area contributed by atoms with Gasteiger partial charge < -0.3 is 15.5 Å². The van der Waals surface area contributed by atoms with E-state index in [9.17, 15) is 10.2 Å². The Kier molecular flexibility index (Phi) is 7.77. The maximum Gasteiger partial charge on any atom is 0.123 e. The van der Waals surface area contributed by atoms with Gasteiger partial charge in [-0.2, -0.15) is 0 Å². The molecule has 0 heterocycles. The maximum absolute atomic E-state index is 10.7. The standard InChI is InChI=1S/C23H35NO2/c1-5-7-8-9-18-13-21(25)23(22(26)14-18)20-12-16(3)10-11-19(20)17(4)15-24-6-2/h12-14,19-20,24-26H,4-11,15H2,1-3H3/t19-,20+/m0/s1. The first-order valence-electron chi connectivity index (χ1n) is 10.1. The number of hydrogen-bond acceptors (Lipinski definition) is 3. The van der Waals surface area contributed by atoms with Crippen molar-refractivity contribution < 1.29 is 10.2 Å². The number of phenols is 2. The van der Waals surface area contributed by atoms with Crippen molar-refractivity contribution in [3.05, 3.63) is 47.1 Å². The minimum absolute atomic E-state index is 0.0143. The summed E-state index contributed by atoms with van der Waals surface area (Å²) in [4.78, 5) is 0. The highest BCUT2D eigenvalue weighted by Gasteiger charge is 2.31. The predicted molar refractivity (Wildman–Crippen MR) is 110 cm³/mol. The average molecular weight is 358 g/mol. The molecule has 0 spiro atoms. The molecule has 26 heavy (non-hydrogen) atoms. The van der Waals surface area contributed by atoms with Gasteiger partial charge in [-0.25, -0.2) is 0 Å². The first-order chi connectivity index (χ1) is 12.5. The van der Waals surface area contributed by atoms with Crippen LogP contribution in [0.3, 0.4) is 0 Å². The quantitative estimate of drug-likeness (QED) is 0.408. The second-order valence-electron chi connectivity index (χ2n) is 7.63. The van der Waals surface area contributed by atoms with Crippen molar-refractivity contribution in [2.24, 2.45) is 5.92 Å². The Morgan fingerprint density at radius 2 is 1.88 bits per heavy atom. The van der Waals surface area contributed by atoms with E-state index in [1.807, 2.05) is 12.1 Å². The Morgan fingerprint density at radius 1 is 1.19 bits per heavy atom. The van der Waals surface area contributed by atoms with Gasteiger partial charge in [-0.05, 0) is 62.8 Å². The van der Waals surface area contributed by atoms with Gasteiger partial charge in [0.2, 0.25) is 0 Å². The monoisotopic (exact) mass is 357 g/mol. The largest absolute Gasteiger partial charge is 0.507 e. The molecule has 0 saturated heterocycles. The molecule has 3 N–H and O–H groups in total. The molecule has 2 atom stereocenters. The van der Waals surface area contributed by atoms with Gasteiger partial charge in [0.1, 0.15) is 11.5 Å². The lowest BCUT2D eigenvalue weighted by molar-refractivity contribution is 0.402. The van der Waals surface area contributed by atoms with Gasteiger partial charge >= 0.3 is 0 Å². The highest BCUT2D eigenvalue weighted by atomic mass is 16.3. The van der Waals surface area contributed by atoms with Gasteiger partial charge in [-0.3, -0.25) is 0 Å². The minimum Gasteiger partial charge on any atom is -0.507 e. The fourth-order valence-electron chi connectivity index (χ4n) is 3.97. The van der Waals surface area contributed by atoms with E-state index in [0.29, 0.717) is 5.56 Å². The minimum atomic E-state index is -0.0143. The summed E-state index contributed by atoms with van der Waals surface area (Å²) in [5.41, 5.74) is 4.13. The van der Waals surface area contributed by atoms with Crippen LogP contribution < -0.4 is 5.32 Å². The van der Waals surface area contributed by atoms with Crippen molar-refractivity contribution in [2.75, 3.05) is 13.1 Å². The Hall–Kier alpha value is -1.74. The van der Waals surface area contributed by atoms with Gasteiger partial charge in [0.05, 0.1) is 0 Å². The van der Waals surface area contributed by atoms with E-state index >= 15 is 0 Å². The average Bonchev–Trinajstić information content (AvgIpc) is 2.59. The van der Waals surface area contributed by atoms with Crippen molar-refractivity contribution in [1.82, 2.24) is 5.32 Å². The van der Waals surface area contributed by atoms with Crippen molar-refractivity contribution in [3.63, 3.8) is 0 Å². The summed E-state index contributed by atoms with van der Waals surface area (Å²) in [6.07, 6.45) is 8.57. The van der Waals surface area contributed by atoms with Crippen LogP contribution in [0.5, 0.6) is 11.5 Å². The molecule has 0 amide bonds. The lowest BCUT2D eigenvalue weighted by Crippen LogP contribution is -2.25. The van der Waals surface area contributed by atoms with Crippen molar-refractivity contribution >= 4 is 0 Å². The van der Waals surface area contributed by atoms with E-state index < -0.39 is 0 Å². The molecule has 0 unspecified atom stereocenters. The lowest BCUT2D eigenvalue weighted by atomic mass is 9.73. The van der Waals surface area contributed by atoms with Crippen LogP contribution in [-0.4, -0.2) is 23.3 Å². The SMILES string of the molecule is C=C(CNCC)[C@@H]1CCC(C)=C[C@H]1c1c(O)cc(CCCCC)cc1O. The maximum atomic E-state index is 10.7. The zero-order valence-electron chi connectivity index (χ0n) is 16.6. The van der Waals surface area contributed by atoms with Crippen LogP contribution in [0.25, 0.3) is 0 Å². The molecule has 1 aliphatic carbocycles. The third-order valence-corrected chi connectivity index (χ3v) is 5.47. The Bertz CT molecular complexity index is 625. The summed E-state index contributed by atoms with van der Waals surface area (Å²) in [7, 11) is 0. The second kappa shape index (κ2) is 9.82. The molecule has 2 rings (SSSR count). The highest BCUT2D eigenvalue weighted by molar-refractivity contribution is 5.52. The number of unbranched alkanes of at least 4 members (excludes halogenated alkanes) is 2. The van der Waals surface area contributed by atoms with Crippen LogP contribution in [0.4, 0.5) is 0 Å². The summed E-state index contributed by atoms with van der Waals surface area (Å²) in [6, 6.07) is 3.68. The number of benzene rings is 1. The van der Waals surface area contributed by atoms with Gasteiger partial charge in [0.15, 0.2) is 0 Å². The van der Waals surface area contributed by atoms with E-state index in [-0.39, 0.29) is 23.3 Å². The summed E-state index contributed by atoms with van der Waals surface area (Å²) < 4.78 is 0. The van der Waals surface area contributed by atoms with E-state index in [0.717, 1.165) is 56.3 Å². The number of hydrogen-bond donors (Lipinski definition) is 3. The number of aromatic hydroxyl groups is 2. The predicted octanol–water partition coefficient (Wildman–Crippen LogP) is 5.44. The molecule has 1 aromatic carbocycles. The molecule has 144 valence electrons. The fourth-order valence-corrected chi connectivity index (χ4v) is 3.97. The van der Waals surface area contributed by atoms with Gasteiger partial charge in [0, 0.05) is 18.0 Å². The molecule has 1 aliphatic rings. The van der Waals surface area contributed by atoms with E-state index in [1.54, 1.807) is 0 Å². The van der Waals surface area contributed by atoms with E-state index in [4.69, 9.17) is 0 Å². The number of allylic oxidation sites excluding steroid dienone is 2. The molecule has 0 aromatic heterocycles.